The van der Waals surface area contributed by atoms with E-state index in [-0.39, 0.29) is 9.81 Å². The van der Waals surface area contributed by atoms with Crippen molar-refractivity contribution in [3.8, 4) is 0 Å². The molecule has 0 heterocycles. The summed E-state index contributed by atoms with van der Waals surface area (Å²) in [5.74, 6) is -1.04. The summed E-state index contributed by atoms with van der Waals surface area (Å²) in [6, 6.07) is 0. The Morgan fingerprint density at radius 1 is 0.857 bits per heavy atom. The maximum atomic E-state index is 11.2. The number of ether oxygens (including phenoxy) is 2. The second kappa shape index (κ2) is 6.78. The number of hydrogen-bond donors (Lipinski definition) is 0. The zero-order chi connectivity index (χ0) is 11.1. The van der Waals surface area contributed by atoms with Crippen LogP contribution in [0.3, 0.4) is 0 Å². The van der Waals surface area contributed by atoms with E-state index >= 15 is 0 Å². The first kappa shape index (κ1) is 13.4. The van der Waals surface area contributed by atoms with Gasteiger partial charge in [-0.15, -0.1) is 23.5 Å². The quantitative estimate of drug-likeness (QED) is 0.541. The maximum absolute atomic E-state index is 11.2. The second-order valence-electron chi connectivity index (χ2n) is 2.05. The predicted octanol–water partition coefficient (Wildman–Crippen LogP) is 1.27. The molecule has 0 saturated heterocycles. The summed E-state index contributed by atoms with van der Waals surface area (Å²) in [4.78, 5) is 23.0. The van der Waals surface area contributed by atoms with E-state index in [9.17, 15) is 9.59 Å². The summed E-state index contributed by atoms with van der Waals surface area (Å²) < 4.78 is 9.08. The van der Waals surface area contributed by atoms with Gasteiger partial charge in [-0.05, 0) is 12.5 Å². The first-order valence-electron chi connectivity index (χ1n) is 3.61. The van der Waals surface area contributed by atoms with E-state index < -0.39 is 11.9 Å². The van der Waals surface area contributed by atoms with Crippen molar-refractivity contribution in [1.82, 2.24) is 0 Å². The van der Waals surface area contributed by atoms with Crippen LogP contribution in [0.25, 0.3) is 0 Å². The highest BCUT2D eigenvalue weighted by Crippen LogP contribution is 2.26. The van der Waals surface area contributed by atoms with Crippen molar-refractivity contribution in [2.45, 2.75) is 0 Å². The van der Waals surface area contributed by atoms with Crippen molar-refractivity contribution < 1.29 is 19.1 Å². The molecule has 0 saturated carbocycles. The average molecular weight is 236 g/mol. The van der Waals surface area contributed by atoms with E-state index in [1.54, 1.807) is 12.5 Å². The lowest BCUT2D eigenvalue weighted by Crippen LogP contribution is -2.10. The van der Waals surface area contributed by atoms with Gasteiger partial charge in [0.1, 0.15) is 9.81 Å². The van der Waals surface area contributed by atoms with Crippen molar-refractivity contribution in [1.29, 1.82) is 0 Å². The molecule has 0 aliphatic carbocycles. The maximum Gasteiger partial charge on any atom is 0.345 e. The Hall–Kier alpha value is -0.620. The van der Waals surface area contributed by atoms with Crippen molar-refractivity contribution in [2.75, 3.05) is 26.7 Å². The van der Waals surface area contributed by atoms with Crippen LogP contribution < -0.4 is 0 Å². The summed E-state index contributed by atoms with van der Waals surface area (Å²) in [6.45, 7) is 0. The molecular weight excluding hydrogens is 224 g/mol. The van der Waals surface area contributed by atoms with Gasteiger partial charge in [0, 0.05) is 0 Å². The highest BCUT2D eigenvalue weighted by Gasteiger charge is 2.20. The van der Waals surface area contributed by atoms with E-state index in [2.05, 4.69) is 9.47 Å². The summed E-state index contributed by atoms with van der Waals surface area (Å²) in [7, 11) is 2.54. The SMILES string of the molecule is COC(=O)/C(SC)=C(\SC)C(=O)OC. The highest BCUT2D eigenvalue weighted by atomic mass is 32.2. The van der Waals surface area contributed by atoms with Crippen LogP contribution in [0, 0.1) is 0 Å². The Bertz CT molecular complexity index is 234. The Labute approximate surface area is 91.4 Å². The molecule has 0 fully saturated rings. The van der Waals surface area contributed by atoms with Gasteiger partial charge in [-0.1, -0.05) is 0 Å². The summed E-state index contributed by atoms with van der Waals surface area (Å²) >= 11 is 2.32. The molecule has 4 nitrogen and oxygen atoms in total. The number of esters is 2. The summed E-state index contributed by atoms with van der Waals surface area (Å²) in [5, 5.41) is 0. The normalized spacial score (nSPS) is 11.7. The molecule has 0 atom stereocenters. The highest BCUT2D eigenvalue weighted by molar-refractivity contribution is 8.07. The van der Waals surface area contributed by atoms with Crippen LogP contribution in [0.5, 0.6) is 0 Å². The van der Waals surface area contributed by atoms with Gasteiger partial charge >= 0.3 is 11.9 Å². The number of methoxy groups -OCH3 is 2. The minimum atomic E-state index is -0.521. The molecule has 0 aliphatic rings. The topological polar surface area (TPSA) is 52.6 Å². The molecule has 0 unspecified atom stereocenters. The first-order chi connectivity index (χ1) is 6.62. The van der Waals surface area contributed by atoms with Crippen LogP contribution in [0.2, 0.25) is 0 Å². The van der Waals surface area contributed by atoms with Crippen molar-refractivity contribution in [3.63, 3.8) is 0 Å². The van der Waals surface area contributed by atoms with Gasteiger partial charge in [-0.25, -0.2) is 9.59 Å². The fourth-order valence-electron chi connectivity index (χ4n) is 0.723. The molecule has 14 heavy (non-hydrogen) atoms. The largest absolute Gasteiger partial charge is 0.465 e. The van der Waals surface area contributed by atoms with Crippen molar-refractivity contribution in [3.05, 3.63) is 9.81 Å². The molecule has 0 bridgehead atoms. The Balaban J connectivity index is 5.11. The van der Waals surface area contributed by atoms with Crippen molar-refractivity contribution >= 4 is 35.5 Å². The molecule has 0 aromatic heterocycles. The van der Waals surface area contributed by atoms with E-state index in [1.165, 1.54) is 14.2 Å². The second-order valence-corrected chi connectivity index (χ2v) is 3.68. The van der Waals surface area contributed by atoms with Crippen LogP contribution in [-0.4, -0.2) is 38.7 Å². The molecular formula is C8H12O4S2. The smallest absolute Gasteiger partial charge is 0.345 e. The Morgan fingerprint density at radius 3 is 1.29 bits per heavy atom. The minimum absolute atomic E-state index is 0.270. The number of thioether (sulfide) groups is 2. The van der Waals surface area contributed by atoms with Gasteiger partial charge in [0.25, 0.3) is 0 Å². The monoisotopic (exact) mass is 236 g/mol. The third-order valence-corrected chi connectivity index (χ3v) is 3.04. The lowest BCUT2D eigenvalue weighted by atomic mass is 10.5. The molecule has 0 aliphatic heterocycles. The van der Waals surface area contributed by atoms with Crippen LogP contribution in [0.1, 0.15) is 0 Å². The van der Waals surface area contributed by atoms with Gasteiger partial charge in [0.2, 0.25) is 0 Å². The van der Waals surface area contributed by atoms with Crippen LogP contribution >= 0.6 is 23.5 Å². The zero-order valence-corrected chi connectivity index (χ0v) is 10.1. The number of carbonyl (C=O) groups excluding carboxylic acids is 2. The first-order valence-corrected chi connectivity index (χ1v) is 6.06. The van der Waals surface area contributed by atoms with Gasteiger partial charge in [0.15, 0.2) is 0 Å². The molecule has 6 heteroatoms. The molecule has 0 spiro atoms. The molecule has 80 valence electrons. The van der Waals surface area contributed by atoms with E-state index in [0.717, 1.165) is 23.5 Å². The van der Waals surface area contributed by atoms with Crippen LogP contribution in [0.15, 0.2) is 9.81 Å². The van der Waals surface area contributed by atoms with Gasteiger partial charge in [-0.2, -0.15) is 0 Å². The lowest BCUT2D eigenvalue weighted by Gasteiger charge is -2.07. The van der Waals surface area contributed by atoms with Gasteiger partial charge in [-0.3, -0.25) is 0 Å². The lowest BCUT2D eigenvalue weighted by molar-refractivity contribution is -0.138. The molecule has 0 amide bonds. The Morgan fingerprint density at radius 2 is 1.14 bits per heavy atom. The standard InChI is InChI=1S/C8H12O4S2/c1-11-7(9)5(13-3)6(14-4)8(10)12-2/h1-4H3/b6-5+. The fourth-order valence-corrected chi connectivity index (χ4v) is 2.26. The zero-order valence-electron chi connectivity index (χ0n) is 8.45. The van der Waals surface area contributed by atoms with Gasteiger partial charge in [0.05, 0.1) is 14.2 Å². The third kappa shape index (κ3) is 3.26. The third-order valence-electron chi connectivity index (χ3n) is 1.36. The number of hydrogen-bond acceptors (Lipinski definition) is 6. The average Bonchev–Trinajstić information content (AvgIpc) is 2.23. The van der Waals surface area contributed by atoms with Crippen LogP contribution in [-0.2, 0) is 19.1 Å². The molecule has 0 aromatic carbocycles. The predicted molar refractivity (Wildman–Crippen MR) is 58.1 cm³/mol. The van der Waals surface area contributed by atoms with E-state index in [1.807, 2.05) is 0 Å². The van der Waals surface area contributed by atoms with Crippen LogP contribution in [0.4, 0.5) is 0 Å². The fraction of sp³-hybridized carbons (Fsp3) is 0.500. The van der Waals surface area contributed by atoms with E-state index in [4.69, 9.17) is 0 Å². The number of carbonyl (C=O) groups is 2. The Kier molecular flexibility index (Phi) is 6.48. The molecule has 0 rings (SSSR count). The van der Waals surface area contributed by atoms with Gasteiger partial charge < -0.3 is 9.47 Å². The summed E-state index contributed by atoms with van der Waals surface area (Å²) in [5.41, 5.74) is 0. The number of rotatable bonds is 4. The molecule has 0 radical (unpaired) electrons. The summed E-state index contributed by atoms with van der Waals surface area (Å²) in [6.07, 6.45) is 3.40. The van der Waals surface area contributed by atoms with Crippen molar-refractivity contribution in [2.24, 2.45) is 0 Å². The molecule has 0 N–H and O–H groups in total. The minimum Gasteiger partial charge on any atom is -0.465 e. The molecule has 0 aromatic rings. The van der Waals surface area contributed by atoms with E-state index in [0.29, 0.717) is 0 Å².